The largest absolute Gasteiger partial charge is 0.307 e. The van der Waals surface area contributed by atoms with Gasteiger partial charge in [0.2, 0.25) is 0 Å². The summed E-state index contributed by atoms with van der Waals surface area (Å²) in [4.78, 5) is 15.1. The van der Waals surface area contributed by atoms with Crippen molar-refractivity contribution >= 4 is 5.69 Å². The van der Waals surface area contributed by atoms with Gasteiger partial charge in [-0.2, -0.15) is 0 Å². The highest BCUT2D eigenvalue weighted by atomic mass is 16.6. The first-order valence-electron chi connectivity index (χ1n) is 6.84. The first-order valence-corrected chi connectivity index (χ1v) is 6.84. The zero-order valence-electron chi connectivity index (χ0n) is 12.5. The molecular formula is C16H19N3O2. The molecule has 0 amide bonds. The maximum Gasteiger partial charge on any atom is 0.278 e. The van der Waals surface area contributed by atoms with E-state index in [0.717, 1.165) is 5.69 Å². The van der Waals surface area contributed by atoms with E-state index in [0.29, 0.717) is 24.2 Å². The summed E-state index contributed by atoms with van der Waals surface area (Å²) in [6.45, 7) is 6.74. The third-order valence-corrected chi connectivity index (χ3v) is 3.46. The van der Waals surface area contributed by atoms with Gasteiger partial charge in [0.25, 0.3) is 5.69 Å². The number of nitrogens with one attached hydrogen (secondary N) is 1. The zero-order valence-corrected chi connectivity index (χ0v) is 12.5. The van der Waals surface area contributed by atoms with Crippen LogP contribution in [-0.4, -0.2) is 9.91 Å². The molecule has 0 spiro atoms. The Morgan fingerprint density at radius 2 is 2.00 bits per heavy atom. The molecule has 1 aromatic heterocycles. The van der Waals surface area contributed by atoms with Crippen LogP contribution in [0.15, 0.2) is 30.5 Å². The average molecular weight is 285 g/mol. The molecule has 0 aliphatic rings. The van der Waals surface area contributed by atoms with Crippen LogP contribution in [0.4, 0.5) is 5.69 Å². The highest BCUT2D eigenvalue weighted by Gasteiger charge is 2.18. The third-order valence-electron chi connectivity index (χ3n) is 3.46. The number of hydrogen-bond donors (Lipinski definition) is 1. The summed E-state index contributed by atoms with van der Waals surface area (Å²) in [6.07, 6.45) is 1.56. The molecule has 0 saturated heterocycles. The van der Waals surface area contributed by atoms with Crippen molar-refractivity contribution < 1.29 is 4.92 Å². The number of nitro groups is 1. The summed E-state index contributed by atoms with van der Waals surface area (Å²) in [5.74, 6) is 0. The Morgan fingerprint density at radius 1 is 1.24 bits per heavy atom. The predicted octanol–water partition coefficient (Wildman–Crippen LogP) is 3.20. The molecule has 0 radical (unpaired) electrons. The number of pyridine rings is 1. The van der Waals surface area contributed by atoms with Crippen LogP contribution in [-0.2, 0) is 13.1 Å². The minimum atomic E-state index is -0.337. The molecule has 0 unspecified atom stereocenters. The Balaban J connectivity index is 2.07. The minimum Gasteiger partial charge on any atom is -0.307 e. The van der Waals surface area contributed by atoms with Gasteiger partial charge >= 0.3 is 0 Å². The van der Waals surface area contributed by atoms with Crippen LogP contribution < -0.4 is 5.32 Å². The fourth-order valence-electron chi connectivity index (χ4n) is 2.37. The lowest BCUT2D eigenvalue weighted by atomic mass is 10.1. The Labute approximate surface area is 124 Å². The molecule has 5 heteroatoms. The number of nitrogens with zero attached hydrogens (tertiary/aromatic N) is 2. The van der Waals surface area contributed by atoms with Crippen molar-refractivity contribution in [2.24, 2.45) is 0 Å². The van der Waals surface area contributed by atoms with Gasteiger partial charge in [-0.05, 0) is 26.3 Å². The molecule has 1 aromatic carbocycles. The number of benzene rings is 1. The maximum atomic E-state index is 11.1. The molecule has 1 N–H and O–H groups in total. The van der Waals surface area contributed by atoms with Gasteiger partial charge in [0, 0.05) is 30.4 Å². The van der Waals surface area contributed by atoms with E-state index < -0.39 is 0 Å². The molecule has 5 nitrogen and oxygen atoms in total. The van der Waals surface area contributed by atoms with Crippen LogP contribution >= 0.6 is 0 Å². The summed E-state index contributed by atoms with van der Waals surface area (Å²) in [5.41, 5.74) is 4.53. The van der Waals surface area contributed by atoms with Gasteiger partial charge in [-0.25, -0.2) is 0 Å². The second-order valence-electron chi connectivity index (χ2n) is 5.21. The molecule has 2 rings (SSSR count). The number of hydrogen-bond acceptors (Lipinski definition) is 4. The van der Waals surface area contributed by atoms with Gasteiger partial charge < -0.3 is 5.32 Å². The van der Waals surface area contributed by atoms with Crippen molar-refractivity contribution in [2.75, 3.05) is 0 Å². The molecule has 110 valence electrons. The molecule has 1 heterocycles. The molecule has 0 aliphatic heterocycles. The maximum absolute atomic E-state index is 11.1. The first kappa shape index (κ1) is 15.1. The summed E-state index contributed by atoms with van der Waals surface area (Å²) in [5, 5.41) is 14.4. The fourth-order valence-corrected chi connectivity index (χ4v) is 2.37. The van der Waals surface area contributed by atoms with Crippen LogP contribution in [0, 0.1) is 30.9 Å². The average Bonchev–Trinajstić information content (AvgIpc) is 2.41. The summed E-state index contributed by atoms with van der Waals surface area (Å²) < 4.78 is 0. The van der Waals surface area contributed by atoms with Crippen molar-refractivity contribution in [1.29, 1.82) is 0 Å². The van der Waals surface area contributed by atoms with E-state index in [1.807, 2.05) is 6.07 Å². The van der Waals surface area contributed by atoms with E-state index in [4.69, 9.17) is 0 Å². The highest BCUT2D eigenvalue weighted by Crippen LogP contribution is 2.23. The quantitative estimate of drug-likeness (QED) is 0.676. The van der Waals surface area contributed by atoms with E-state index in [2.05, 4.69) is 35.4 Å². The van der Waals surface area contributed by atoms with Crippen molar-refractivity contribution in [3.63, 3.8) is 0 Å². The molecule has 0 bridgehead atoms. The van der Waals surface area contributed by atoms with Crippen LogP contribution in [0.2, 0.25) is 0 Å². The number of aromatic nitrogens is 1. The van der Waals surface area contributed by atoms with Crippen LogP contribution in [0.3, 0.4) is 0 Å². The van der Waals surface area contributed by atoms with Crippen molar-refractivity contribution in [2.45, 2.75) is 33.9 Å². The third kappa shape index (κ3) is 3.64. The molecule has 0 atom stereocenters. The molecular weight excluding hydrogens is 266 g/mol. The summed E-state index contributed by atoms with van der Waals surface area (Å²) in [6, 6.07) is 8.24. The lowest BCUT2D eigenvalue weighted by Gasteiger charge is -2.09. The number of aryl methyl sites for hydroxylation is 2. The van der Waals surface area contributed by atoms with Crippen molar-refractivity contribution in [3.8, 4) is 0 Å². The SMILES string of the molecule is Cc1cccc(CNCc2ncc(C)c([N+](=O)[O-])c2C)c1. The zero-order chi connectivity index (χ0) is 15.4. The van der Waals surface area contributed by atoms with E-state index in [9.17, 15) is 10.1 Å². The molecule has 0 fully saturated rings. The van der Waals surface area contributed by atoms with Crippen molar-refractivity contribution in [1.82, 2.24) is 10.3 Å². The molecule has 2 aromatic rings. The molecule has 21 heavy (non-hydrogen) atoms. The van der Waals surface area contributed by atoms with Crippen LogP contribution in [0.5, 0.6) is 0 Å². The van der Waals surface area contributed by atoms with Gasteiger partial charge in [-0.1, -0.05) is 29.8 Å². The van der Waals surface area contributed by atoms with E-state index in [1.165, 1.54) is 11.1 Å². The van der Waals surface area contributed by atoms with Gasteiger partial charge in [-0.15, -0.1) is 0 Å². The van der Waals surface area contributed by atoms with Crippen LogP contribution in [0.1, 0.15) is 27.9 Å². The lowest BCUT2D eigenvalue weighted by molar-refractivity contribution is -0.386. The summed E-state index contributed by atoms with van der Waals surface area (Å²) in [7, 11) is 0. The smallest absolute Gasteiger partial charge is 0.278 e. The van der Waals surface area contributed by atoms with E-state index in [1.54, 1.807) is 20.0 Å². The topological polar surface area (TPSA) is 68.1 Å². The first-order chi connectivity index (χ1) is 9.99. The Morgan fingerprint density at radius 3 is 2.67 bits per heavy atom. The van der Waals surface area contributed by atoms with Gasteiger partial charge in [0.05, 0.1) is 10.6 Å². The van der Waals surface area contributed by atoms with Gasteiger partial charge in [0.1, 0.15) is 0 Å². The van der Waals surface area contributed by atoms with E-state index in [-0.39, 0.29) is 10.6 Å². The highest BCUT2D eigenvalue weighted by molar-refractivity contribution is 5.47. The number of rotatable bonds is 5. The molecule has 0 aliphatic carbocycles. The Kier molecular flexibility index (Phi) is 4.65. The standard InChI is InChI=1S/C16H19N3O2/c1-11-5-4-6-14(7-11)9-17-10-15-13(3)16(19(20)21)12(2)8-18-15/h4-8,17H,9-10H2,1-3H3. The van der Waals surface area contributed by atoms with Gasteiger partial charge in [0.15, 0.2) is 0 Å². The van der Waals surface area contributed by atoms with Crippen LogP contribution in [0.25, 0.3) is 0 Å². The Bertz CT molecular complexity index is 669. The molecule has 0 saturated carbocycles. The van der Waals surface area contributed by atoms with Gasteiger partial charge in [-0.3, -0.25) is 15.1 Å². The van der Waals surface area contributed by atoms with E-state index >= 15 is 0 Å². The monoisotopic (exact) mass is 285 g/mol. The fraction of sp³-hybridized carbons (Fsp3) is 0.312. The predicted molar refractivity (Wildman–Crippen MR) is 82.1 cm³/mol. The second-order valence-corrected chi connectivity index (χ2v) is 5.21. The normalized spacial score (nSPS) is 10.6. The second kappa shape index (κ2) is 6.45. The summed E-state index contributed by atoms with van der Waals surface area (Å²) >= 11 is 0. The lowest BCUT2D eigenvalue weighted by Crippen LogP contribution is -2.15. The Hall–Kier alpha value is -2.27. The minimum absolute atomic E-state index is 0.164. The van der Waals surface area contributed by atoms with Crippen molar-refractivity contribution in [3.05, 3.63) is 68.5 Å².